The number of halogens is 2. The summed E-state index contributed by atoms with van der Waals surface area (Å²) in [5, 5.41) is 4.38. The average Bonchev–Trinajstić information content (AvgIpc) is 2.90. The third kappa shape index (κ3) is 10.6. The molecule has 0 aliphatic heterocycles. The number of carbonyl (C=O) groups excluding carboxylic acids is 1. The molecule has 1 N–H and O–H groups in total. The van der Waals surface area contributed by atoms with Gasteiger partial charge in [0.05, 0.1) is 0 Å². The Bertz CT molecular complexity index is 870. The molecule has 0 heterocycles. The van der Waals surface area contributed by atoms with Crippen LogP contribution in [0.5, 0.6) is 0 Å². The Hall–Kier alpha value is -2.03. The second kappa shape index (κ2) is 15.7. The second-order valence-corrected chi connectivity index (χ2v) is 9.39. The zero-order valence-electron chi connectivity index (χ0n) is 20.3. The first-order valence-corrected chi connectivity index (χ1v) is 12.5. The van der Waals surface area contributed by atoms with Crippen molar-refractivity contribution in [1.82, 2.24) is 5.32 Å². The number of hydrogen-bond donors (Lipinski definition) is 1. The van der Waals surface area contributed by atoms with Gasteiger partial charge in [0, 0.05) is 27.8 Å². The molecule has 0 fully saturated rings. The number of hydrogen-bond acceptors (Lipinski definition) is 1. The van der Waals surface area contributed by atoms with Crippen LogP contribution in [0.4, 0.5) is 0 Å². The summed E-state index contributed by atoms with van der Waals surface area (Å²) in [6.07, 6.45) is 17.0. The molecule has 0 radical (unpaired) electrons. The fourth-order valence-corrected chi connectivity index (χ4v) is 4.42. The molecular weight excluding hydrogens is 449 g/mol. The predicted octanol–water partition coefficient (Wildman–Crippen LogP) is 9.19. The lowest BCUT2D eigenvalue weighted by Crippen LogP contribution is -2.23. The molecule has 1 aliphatic rings. The zero-order valence-corrected chi connectivity index (χ0v) is 21.8. The SMILES string of the molecule is C=CC(=CC=CC)NC(=O)C(=C)CCCCC(CC1=C(Cl)CC(=C)CC=C1Cl)C(=C)CCC. The first-order chi connectivity index (χ1) is 15.7. The topological polar surface area (TPSA) is 29.1 Å². The molecule has 1 rings (SSSR count). The maximum Gasteiger partial charge on any atom is 0.250 e. The van der Waals surface area contributed by atoms with Crippen LogP contribution in [-0.2, 0) is 4.79 Å². The van der Waals surface area contributed by atoms with E-state index in [1.165, 1.54) is 5.57 Å². The number of unbranched alkanes of at least 4 members (excludes halogenated alkanes) is 1. The van der Waals surface area contributed by atoms with Gasteiger partial charge in [0.1, 0.15) is 0 Å². The van der Waals surface area contributed by atoms with E-state index in [9.17, 15) is 4.79 Å². The standard InChI is InChI=1S/C29H39Cl2NO/c1-7-10-16-25(9-3)32-29(33)23(6)14-11-12-15-24(22(5)13-8-2)20-26-27(30)18-17-21(4)19-28(26)31/h7,9-10,16,18,24H,3-6,8,11-15,17,19-20H2,1-2H3,(H,32,33). The molecule has 0 spiro atoms. The van der Waals surface area contributed by atoms with Gasteiger partial charge in [0.2, 0.25) is 0 Å². The van der Waals surface area contributed by atoms with E-state index in [4.69, 9.17) is 23.2 Å². The Kier molecular flexibility index (Phi) is 13.8. The third-order valence-electron chi connectivity index (χ3n) is 5.74. The molecule has 1 amide bonds. The minimum Gasteiger partial charge on any atom is -0.322 e. The summed E-state index contributed by atoms with van der Waals surface area (Å²) >= 11 is 13.2. The molecule has 2 nitrogen and oxygen atoms in total. The molecule has 1 aliphatic carbocycles. The second-order valence-electron chi connectivity index (χ2n) is 8.53. The van der Waals surface area contributed by atoms with Crippen molar-refractivity contribution in [1.29, 1.82) is 0 Å². The Morgan fingerprint density at radius 2 is 1.97 bits per heavy atom. The van der Waals surface area contributed by atoms with Crippen LogP contribution in [0, 0.1) is 5.92 Å². The minimum atomic E-state index is -0.162. The van der Waals surface area contributed by atoms with Crippen molar-refractivity contribution < 1.29 is 4.79 Å². The lowest BCUT2D eigenvalue weighted by atomic mass is 9.85. The zero-order chi connectivity index (χ0) is 24.8. The number of nitrogens with one attached hydrogen (secondary N) is 1. The van der Waals surface area contributed by atoms with Gasteiger partial charge in [-0.25, -0.2) is 0 Å². The van der Waals surface area contributed by atoms with Gasteiger partial charge in [0.15, 0.2) is 0 Å². The van der Waals surface area contributed by atoms with Crippen molar-refractivity contribution in [3.63, 3.8) is 0 Å². The van der Waals surface area contributed by atoms with E-state index < -0.39 is 0 Å². The van der Waals surface area contributed by atoms with Crippen LogP contribution in [-0.4, -0.2) is 5.91 Å². The van der Waals surface area contributed by atoms with E-state index in [1.807, 2.05) is 31.2 Å². The highest BCUT2D eigenvalue weighted by molar-refractivity contribution is 6.35. The van der Waals surface area contributed by atoms with E-state index in [2.05, 4.69) is 38.6 Å². The summed E-state index contributed by atoms with van der Waals surface area (Å²) < 4.78 is 0. The molecule has 0 bridgehead atoms. The molecule has 180 valence electrons. The number of rotatable bonds is 14. The summed E-state index contributed by atoms with van der Waals surface area (Å²) in [6, 6.07) is 0. The Morgan fingerprint density at radius 1 is 1.24 bits per heavy atom. The normalized spacial score (nSPS) is 15.8. The van der Waals surface area contributed by atoms with Crippen LogP contribution in [0.3, 0.4) is 0 Å². The molecule has 0 aromatic heterocycles. The van der Waals surface area contributed by atoms with E-state index in [-0.39, 0.29) is 5.91 Å². The van der Waals surface area contributed by atoms with Crippen LogP contribution >= 0.6 is 23.2 Å². The molecular formula is C29H39Cl2NO. The van der Waals surface area contributed by atoms with Crippen molar-refractivity contribution >= 4 is 29.1 Å². The van der Waals surface area contributed by atoms with Gasteiger partial charge in [-0.1, -0.05) is 98.7 Å². The van der Waals surface area contributed by atoms with Gasteiger partial charge in [0.25, 0.3) is 5.91 Å². The summed E-state index contributed by atoms with van der Waals surface area (Å²) in [4.78, 5) is 12.4. The molecule has 0 saturated carbocycles. The third-order valence-corrected chi connectivity index (χ3v) is 6.48. The molecule has 4 heteroatoms. The Labute approximate surface area is 211 Å². The number of allylic oxidation sites excluding steroid dienone is 10. The maximum absolute atomic E-state index is 12.4. The van der Waals surface area contributed by atoms with Crippen molar-refractivity contribution in [2.45, 2.75) is 71.6 Å². The van der Waals surface area contributed by atoms with Crippen molar-refractivity contribution in [2.24, 2.45) is 5.92 Å². The molecule has 0 aromatic carbocycles. The van der Waals surface area contributed by atoms with Crippen LogP contribution in [0.25, 0.3) is 0 Å². The van der Waals surface area contributed by atoms with Crippen LogP contribution in [0.15, 0.2) is 94.7 Å². The van der Waals surface area contributed by atoms with Crippen molar-refractivity contribution in [3.8, 4) is 0 Å². The van der Waals surface area contributed by atoms with Crippen molar-refractivity contribution in [2.75, 3.05) is 0 Å². The first kappa shape index (κ1) is 29.0. The molecule has 0 saturated heterocycles. The van der Waals surface area contributed by atoms with Gasteiger partial charge in [-0.3, -0.25) is 4.79 Å². The van der Waals surface area contributed by atoms with E-state index in [0.717, 1.165) is 66.2 Å². The molecule has 1 unspecified atom stereocenters. The largest absolute Gasteiger partial charge is 0.322 e. The van der Waals surface area contributed by atoms with Gasteiger partial charge in [-0.2, -0.15) is 0 Å². The van der Waals surface area contributed by atoms with E-state index in [0.29, 0.717) is 30.0 Å². The highest BCUT2D eigenvalue weighted by atomic mass is 35.5. The quantitative estimate of drug-likeness (QED) is 0.112. The van der Waals surface area contributed by atoms with Gasteiger partial charge in [-0.15, -0.1) is 0 Å². The Balaban J connectivity index is 2.71. The van der Waals surface area contributed by atoms with Gasteiger partial charge < -0.3 is 5.32 Å². The maximum atomic E-state index is 12.4. The summed E-state index contributed by atoms with van der Waals surface area (Å²) in [5.74, 6) is 0.144. The van der Waals surface area contributed by atoms with E-state index >= 15 is 0 Å². The minimum absolute atomic E-state index is 0.162. The summed E-state index contributed by atoms with van der Waals surface area (Å²) in [7, 11) is 0. The van der Waals surface area contributed by atoms with Gasteiger partial charge in [-0.05, 0) is 69.1 Å². The number of carbonyl (C=O) groups is 1. The lowest BCUT2D eigenvalue weighted by Gasteiger charge is -2.22. The lowest BCUT2D eigenvalue weighted by molar-refractivity contribution is -0.116. The molecule has 33 heavy (non-hydrogen) atoms. The molecule has 1 atom stereocenters. The summed E-state index contributed by atoms with van der Waals surface area (Å²) in [6.45, 7) is 20.2. The smallest absolute Gasteiger partial charge is 0.250 e. The fourth-order valence-electron chi connectivity index (χ4n) is 3.74. The van der Waals surface area contributed by atoms with Gasteiger partial charge >= 0.3 is 0 Å². The van der Waals surface area contributed by atoms with Crippen LogP contribution in [0.2, 0.25) is 0 Å². The van der Waals surface area contributed by atoms with Crippen molar-refractivity contribution in [3.05, 3.63) is 94.7 Å². The van der Waals surface area contributed by atoms with Crippen LogP contribution in [0.1, 0.15) is 71.6 Å². The number of amides is 1. The monoisotopic (exact) mass is 487 g/mol. The average molecular weight is 489 g/mol. The highest BCUT2D eigenvalue weighted by Gasteiger charge is 2.20. The van der Waals surface area contributed by atoms with E-state index in [1.54, 1.807) is 6.08 Å². The fraction of sp³-hybridized carbons (Fsp3) is 0.414. The summed E-state index contributed by atoms with van der Waals surface area (Å²) in [5.41, 5.74) is 4.58. The predicted molar refractivity (Wildman–Crippen MR) is 146 cm³/mol. The van der Waals surface area contributed by atoms with Crippen LogP contribution < -0.4 is 5.32 Å². The molecule has 0 aromatic rings. The Morgan fingerprint density at radius 3 is 2.61 bits per heavy atom. The first-order valence-electron chi connectivity index (χ1n) is 11.8. The highest BCUT2D eigenvalue weighted by Crippen LogP contribution is 2.38.